The first-order chi connectivity index (χ1) is 12.7. The van der Waals surface area contributed by atoms with Crippen LogP contribution in [0.4, 0.5) is 0 Å². The largest absolute Gasteiger partial charge is 0.494 e. The van der Waals surface area contributed by atoms with Crippen molar-refractivity contribution >= 4 is 30.1 Å². The summed E-state index contributed by atoms with van der Waals surface area (Å²) in [6, 6.07) is 8.87. The molecule has 2 aliphatic heterocycles. The third kappa shape index (κ3) is 7.20. The molecule has 0 radical (unpaired) electrons. The Morgan fingerprint density at radius 3 is 2.63 bits per heavy atom. The van der Waals surface area contributed by atoms with Crippen LogP contribution in [0.15, 0.2) is 24.3 Å². The number of likely N-dealkylation sites (tertiary alicyclic amines) is 1. The number of hydrogen-bond acceptors (Lipinski definition) is 4. The maximum atomic E-state index is 12.5. The van der Waals surface area contributed by atoms with Gasteiger partial charge in [0.25, 0.3) is 0 Å². The molecule has 1 unspecified atom stereocenters. The molecule has 27 heavy (non-hydrogen) atoms. The third-order valence-corrected chi connectivity index (χ3v) is 6.59. The molecule has 4 nitrogen and oxygen atoms in total. The van der Waals surface area contributed by atoms with Gasteiger partial charge in [0.05, 0.1) is 6.61 Å². The van der Waals surface area contributed by atoms with Gasteiger partial charge in [-0.3, -0.25) is 4.79 Å². The van der Waals surface area contributed by atoms with Crippen molar-refractivity contribution in [3.05, 3.63) is 29.8 Å². The minimum Gasteiger partial charge on any atom is -0.494 e. The summed E-state index contributed by atoms with van der Waals surface area (Å²) in [6.45, 7) is 5.64. The number of nitrogens with one attached hydrogen (secondary N) is 1. The van der Waals surface area contributed by atoms with E-state index in [-0.39, 0.29) is 12.4 Å². The smallest absolute Gasteiger partial charge is 0.224 e. The summed E-state index contributed by atoms with van der Waals surface area (Å²) in [5, 5.41) is 3.47. The molecular weight excluding hydrogens is 380 g/mol. The molecule has 0 aliphatic carbocycles. The summed E-state index contributed by atoms with van der Waals surface area (Å²) in [5.74, 6) is 4.28. The van der Waals surface area contributed by atoms with E-state index in [1.807, 2.05) is 18.7 Å². The lowest BCUT2D eigenvalue weighted by atomic mass is 9.90. The maximum absolute atomic E-state index is 12.5. The van der Waals surface area contributed by atoms with E-state index in [9.17, 15) is 4.79 Å². The molecule has 2 fully saturated rings. The van der Waals surface area contributed by atoms with E-state index in [0.29, 0.717) is 25.0 Å². The fourth-order valence-corrected chi connectivity index (χ4v) is 4.80. The standard InChI is InChI=1S/C21H32N2O2S.ClH/c1-2-25-20-7-5-17(6-8-20)3-4-18-9-12-23(13-10-18)21(24)15-19-16-26-14-11-22-19;/h5-8,18-19,22H,2-4,9-16H2,1H3;1H. The Hall–Kier alpha value is -0.910. The van der Waals surface area contributed by atoms with Gasteiger partial charge in [-0.05, 0) is 56.2 Å². The van der Waals surface area contributed by atoms with Gasteiger partial charge in [0.1, 0.15) is 5.75 Å². The van der Waals surface area contributed by atoms with E-state index in [1.165, 1.54) is 17.7 Å². The zero-order chi connectivity index (χ0) is 18.2. The van der Waals surface area contributed by atoms with Crippen LogP contribution in [0.3, 0.4) is 0 Å². The summed E-state index contributed by atoms with van der Waals surface area (Å²) in [7, 11) is 0. The fourth-order valence-electron chi connectivity index (χ4n) is 3.85. The highest BCUT2D eigenvalue weighted by atomic mass is 35.5. The second kappa shape index (κ2) is 11.8. The van der Waals surface area contributed by atoms with Crippen molar-refractivity contribution in [3.8, 4) is 5.75 Å². The van der Waals surface area contributed by atoms with Crippen LogP contribution in [-0.4, -0.2) is 54.6 Å². The van der Waals surface area contributed by atoms with Gasteiger partial charge in [-0.15, -0.1) is 12.4 Å². The summed E-state index contributed by atoms with van der Waals surface area (Å²) in [4.78, 5) is 14.6. The number of aryl methyl sites for hydroxylation is 1. The molecule has 2 heterocycles. The second-order valence-electron chi connectivity index (χ2n) is 7.37. The van der Waals surface area contributed by atoms with Crippen LogP contribution in [-0.2, 0) is 11.2 Å². The molecular formula is C21H33ClN2O2S. The van der Waals surface area contributed by atoms with Crippen molar-refractivity contribution in [2.75, 3.05) is 37.7 Å². The summed E-state index contributed by atoms with van der Waals surface area (Å²) in [6.07, 6.45) is 5.31. The van der Waals surface area contributed by atoms with Crippen molar-refractivity contribution in [1.29, 1.82) is 0 Å². The van der Waals surface area contributed by atoms with Crippen LogP contribution in [0.25, 0.3) is 0 Å². The highest BCUT2D eigenvalue weighted by Gasteiger charge is 2.25. The Labute approximate surface area is 174 Å². The van der Waals surface area contributed by atoms with Crippen molar-refractivity contribution in [3.63, 3.8) is 0 Å². The lowest BCUT2D eigenvalue weighted by molar-refractivity contribution is -0.133. The van der Waals surface area contributed by atoms with Crippen LogP contribution < -0.4 is 10.1 Å². The lowest BCUT2D eigenvalue weighted by Gasteiger charge is -2.33. The lowest BCUT2D eigenvalue weighted by Crippen LogP contribution is -2.44. The summed E-state index contributed by atoms with van der Waals surface area (Å²) >= 11 is 1.96. The van der Waals surface area contributed by atoms with Gasteiger partial charge < -0.3 is 15.0 Å². The minimum absolute atomic E-state index is 0. The number of thioether (sulfide) groups is 1. The zero-order valence-electron chi connectivity index (χ0n) is 16.3. The first-order valence-electron chi connectivity index (χ1n) is 10.0. The van der Waals surface area contributed by atoms with Crippen molar-refractivity contribution < 1.29 is 9.53 Å². The van der Waals surface area contributed by atoms with Gasteiger partial charge in [0, 0.05) is 43.6 Å². The number of carbonyl (C=O) groups is 1. The maximum Gasteiger partial charge on any atom is 0.224 e. The highest BCUT2D eigenvalue weighted by Crippen LogP contribution is 2.24. The average molecular weight is 413 g/mol. The van der Waals surface area contributed by atoms with Gasteiger partial charge in [-0.1, -0.05) is 12.1 Å². The van der Waals surface area contributed by atoms with E-state index >= 15 is 0 Å². The Morgan fingerprint density at radius 2 is 2.00 bits per heavy atom. The monoisotopic (exact) mass is 412 g/mol. The SMILES string of the molecule is CCOc1ccc(CCC2CCN(C(=O)CC3CSCCN3)CC2)cc1.Cl. The van der Waals surface area contributed by atoms with Crippen molar-refractivity contribution in [2.45, 2.75) is 45.1 Å². The Bertz CT molecular complexity index is 556. The molecule has 152 valence electrons. The molecule has 2 saturated heterocycles. The first kappa shape index (κ1) is 22.4. The van der Waals surface area contributed by atoms with Crippen LogP contribution in [0, 0.1) is 5.92 Å². The molecule has 2 aliphatic rings. The number of nitrogens with zero attached hydrogens (tertiary/aromatic N) is 1. The molecule has 0 bridgehead atoms. The Balaban J connectivity index is 0.00000261. The van der Waals surface area contributed by atoms with Gasteiger partial charge in [-0.25, -0.2) is 0 Å². The third-order valence-electron chi connectivity index (χ3n) is 5.46. The molecule has 1 N–H and O–H groups in total. The Kier molecular flexibility index (Phi) is 9.80. The second-order valence-corrected chi connectivity index (χ2v) is 8.52. The summed E-state index contributed by atoms with van der Waals surface area (Å²) in [5.41, 5.74) is 1.38. The highest BCUT2D eigenvalue weighted by molar-refractivity contribution is 7.99. The fraction of sp³-hybridized carbons (Fsp3) is 0.667. The van der Waals surface area contributed by atoms with Crippen LogP contribution in [0.2, 0.25) is 0 Å². The minimum atomic E-state index is 0. The number of hydrogen-bond donors (Lipinski definition) is 1. The average Bonchev–Trinajstić information content (AvgIpc) is 2.69. The zero-order valence-corrected chi connectivity index (χ0v) is 18.0. The molecule has 0 saturated carbocycles. The molecule has 1 aromatic rings. The number of piperidine rings is 1. The molecule has 0 spiro atoms. The molecule has 1 aromatic carbocycles. The predicted octanol–water partition coefficient (Wildman–Crippen LogP) is 3.77. The number of halogens is 1. The van der Waals surface area contributed by atoms with Gasteiger partial charge >= 0.3 is 0 Å². The van der Waals surface area contributed by atoms with Crippen molar-refractivity contribution in [2.24, 2.45) is 5.92 Å². The number of ether oxygens (including phenoxy) is 1. The van der Waals surface area contributed by atoms with Crippen LogP contribution in [0.1, 0.15) is 38.2 Å². The normalized spacial score (nSPS) is 20.8. The van der Waals surface area contributed by atoms with Crippen LogP contribution in [0.5, 0.6) is 5.75 Å². The number of carbonyl (C=O) groups excluding carboxylic acids is 1. The predicted molar refractivity (Wildman–Crippen MR) is 116 cm³/mol. The molecule has 6 heteroatoms. The van der Waals surface area contributed by atoms with E-state index in [2.05, 4.69) is 34.5 Å². The number of amides is 1. The number of benzene rings is 1. The topological polar surface area (TPSA) is 41.6 Å². The van der Waals surface area contributed by atoms with Gasteiger partial charge in [0.2, 0.25) is 5.91 Å². The van der Waals surface area contributed by atoms with Gasteiger partial charge in [0.15, 0.2) is 0 Å². The van der Waals surface area contributed by atoms with Crippen molar-refractivity contribution in [1.82, 2.24) is 10.2 Å². The molecule has 0 aromatic heterocycles. The van der Waals surface area contributed by atoms with Crippen LogP contribution >= 0.6 is 24.2 Å². The van der Waals surface area contributed by atoms with E-state index in [0.717, 1.165) is 56.3 Å². The Morgan fingerprint density at radius 1 is 1.26 bits per heavy atom. The van der Waals surface area contributed by atoms with E-state index < -0.39 is 0 Å². The number of rotatable bonds is 7. The summed E-state index contributed by atoms with van der Waals surface area (Å²) < 4.78 is 5.50. The molecule has 1 atom stereocenters. The quantitative estimate of drug-likeness (QED) is 0.740. The van der Waals surface area contributed by atoms with E-state index in [4.69, 9.17) is 4.74 Å². The molecule has 3 rings (SSSR count). The van der Waals surface area contributed by atoms with E-state index in [1.54, 1.807) is 0 Å². The first-order valence-corrected chi connectivity index (χ1v) is 11.2. The molecule has 1 amide bonds. The van der Waals surface area contributed by atoms with Gasteiger partial charge in [-0.2, -0.15) is 11.8 Å².